The minimum Gasteiger partial charge on any atom is -0.478 e. The van der Waals surface area contributed by atoms with E-state index in [0.29, 0.717) is 0 Å². The second-order valence-corrected chi connectivity index (χ2v) is 2.41. The van der Waals surface area contributed by atoms with Crippen LogP contribution >= 0.6 is 0 Å². The molecule has 0 radical (unpaired) electrons. The molecule has 0 bridgehead atoms. The second-order valence-electron chi connectivity index (χ2n) is 2.41. The quantitative estimate of drug-likeness (QED) is 0.722. The third-order valence-corrected chi connectivity index (χ3v) is 1.56. The van der Waals surface area contributed by atoms with E-state index in [4.69, 9.17) is 15.6 Å². The van der Waals surface area contributed by atoms with Gasteiger partial charge >= 0.3 is 5.97 Å². The van der Waals surface area contributed by atoms with Gasteiger partial charge in [0, 0.05) is 0 Å². The fraction of sp³-hybridized carbons (Fsp3) is 0. The SMILES string of the molecule is N#Cc1cc(C(=O)O)cc(C#N)c1F. The molecule has 0 saturated heterocycles. The molecule has 5 heteroatoms. The molecule has 0 aliphatic heterocycles. The Kier molecular flexibility index (Phi) is 2.45. The summed E-state index contributed by atoms with van der Waals surface area (Å²) in [4.78, 5) is 10.5. The van der Waals surface area contributed by atoms with E-state index in [2.05, 4.69) is 0 Å². The second kappa shape index (κ2) is 3.55. The molecule has 1 aromatic rings. The van der Waals surface area contributed by atoms with Gasteiger partial charge in [-0.2, -0.15) is 10.5 Å². The van der Waals surface area contributed by atoms with E-state index in [1.807, 2.05) is 0 Å². The summed E-state index contributed by atoms with van der Waals surface area (Å²) in [6.45, 7) is 0. The van der Waals surface area contributed by atoms with Crippen LogP contribution in [0.2, 0.25) is 0 Å². The maximum absolute atomic E-state index is 13.1. The maximum atomic E-state index is 13.1. The molecule has 0 aliphatic carbocycles. The third kappa shape index (κ3) is 1.52. The monoisotopic (exact) mass is 190 g/mol. The number of nitrogens with zero attached hydrogens (tertiary/aromatic N) is 2. The van der Waals surface area contributed by atoms with Gasteiger partial charge in [0.1, 0.15) is 12.1 Å². The molecule has 14 heavy (non-hydrogen) atoms. The fourth-order valence-electron chi connectivity index (χ4n) is 0.911. The van der Waals surface area contributed by atoms with E-state index < -0.39 is 22.9 Å². The average molecular weight is 190 g/mol. The molecule has 0 fully saturated rings. The number of benzene rings is 1. The molecule has 0 saturated carbocycles. The number of hydrogen-bond donors (Lipinski definition) is 1. The van der Waals surface area contributed by atoms with Crippen LogP contribution in [0.1, 0.15) is 21.5 Å². The lowest BCUT2D eigenvalue weighted by Crippen LogP contribution is -2.00. The Morgan fingerprint density at radius 2 is 1.71 bits per heavy atom. The molecular formula is C9H3FN2O2. The molecule has 0 unspecified atom stereocenters. The molecule has 0 heterocycles. The van der Waals surface area contributed by atoms with Crippen LogP contribution in [0, 0.1) is 28.5 Å². The first-order chi connectivity index (χ1) is 6.60. The minimum atomic E-state index is -1.31. The van der Waals surface area contributed by atoms with Crippen molar-refractivity contribution in [3.05, 3.63) is 34.6 Å². The van der Waals surface area contributed by atoms with Crippen molar-refractivity contribution in [2.24, 2.45) is 0 Å². The number of carboxylic acid groups (broad SMARTS) is 1. The third-order valence-electron chi connectivity index (χ3n) is 1.56. The summed E-state index contributed by atoms with van der Waals surface area (Å²) in [5.74, 6) is -2.29. The van der Waals surface area contributed by atoms with Crippen molar-refractivity contribution in [2.45, 2.75) is 0 Å². The molecule has 0 aliphatic rings. The number of rotatable bonds is 1. The largest absolute Gasteiger partial charge is 0.478 e. The summed E-state index contributed by atoms with van der Waals surface area (Å²) < 4.78 is 13.1. The van der Waals surface area contributed by atoms with Gasteiger partial charge in [0.2, 0.25) is 0 Å². The molecule has 4 nitrogen and oxygen atoms in total. The van der Waals surface area contributed by atoms with Crippen LogP contribution in [0.4, 0.5) is 4.39 Å². The Morgan fingerprint density at radius 1 is 1.29 bits per heavy atom. The topological polar surface area (TPSA) is 84.9 Å². The average Bonchev–Trinajstić information content (AvgIpc) is 2.17. The zero-order valence-electron chi connectivity index (χ0n) is 6.78. The highest BCUT2D eigenvalue weighted by atomic mass is 19.1. The van der Waals surface area contributed by atoms with Crippen LogP contribution in [-0.2, 0) is 0 Å². The van der Waals surface area contributed by atoms with E-state index in [1.165, 1.54) is 12.1 Å². The molecule has 0 aromatic heterocycles. The first kappa shape index (κ1) is 9.69. The van der Waals surface area contributed by atoms with Crippen molar-refractivity contribution < 1.29 is 14.3 Å². The number of nitriles is 2. The van der Waals surface area contributed by atoms with Crippen molar-refractivity contribution in [2.75, 3.05) is 0 Å². The Hall–Kier alpha value is -2.40. The molecule has 1 rings (SSSR count). The van der Waals surface area contributed by atoms with Gasteiger partial charge in [0.25, 0.3) is 0 Å². The van der Waals surface area contributed by atoms with Gasteiger partial charge in [-0.1, -0.05) is 0 Å². The maximum Gasteiger partial charge on any atom is 0.335 e. The normalized spacial score (nSPS) is 8.79. The van der Waals surface area contributed by atoms with Gasteiger partial charge in [-0.3, -0.25) is 0 Å². The van der Waals surface area contributed by atoms with Crippen molar-refractivity contribution in [3.8, 4) is 12.1 Å². The number of halogens is 1. The lowest BCUT2D eigenvalue weighted by molar-refractivity contribution is 0.0696. The number of carboxylic acids is 1. The highest BCUT2D eigenvalue weighted by Gasteiger charge is 2.13. The van der Waals surface area contributed by atoms with E-state index in [0.717, 1.165) is 12.1 Å². The summed E-state index contributed by atoms with van der Waals surface area (Å²) in [5.41, 5.74) is -1.16. The van der Waals surface area contributed by atoms with Crippen LogP contribution in [0.15, 0.2) is 12.1 Å². The van der Waals surface area contributed by atoms with Gasteiger partial charge in [-0.25, -0.2) is 9.18 Å². The lowest BCUT2D eigenvalue weighted by Gasteiger charge is -1.98. The lowest BCUT2D eigenvalue weighted by atomic mass is 10.1. The summed E-state index contributed by atoms with van der Waals surface area (Å²) in [7, 11) is 0. The fourth-order valence-corrected chi connectivity index (χ4v) is 0.911. The number of carbonyl (C=O) groups is 1. The van der Waals surface area contributed by atoms with Crippen molar-refractivity contribution in [1.29, 1.82) is 10.5 Å². The van der Waals surface area contributed by atoms with Crippen molar-refractivity contribution >= 4 is 5.97 Å². The Morgan fingerprint density at radius 3 is 2.00 bits per heavy atom. The van der Waals surface area contributed by atoms with Crippen LogP contribution in [0.5, 0.6) is 0 Å². The summed E-state index contributed by atoms with van der Waals surface area (Å²) in [6.07, 6.45) is 0. The standard InChI is InChI=1S/C9H3FN2O2/c10-8-6(3-11)1-5(9(13)14)2-7(8)4-12/h1-2H,(H,13,14). The van der Waals surface area contributed by atoms with Gasteiger partial charge in [-0.05, 0) is 12.1 Å². The smallest absolute Gasteiger partial charge is 0.335 e. The molecule has 0 spiro atoms. The van der Waals surface area contributed by atoms with E-state index >= 15 is 0 Å². The van der Waals surface area contributed by atoms with Crippen LogP contribution in [0.3, 0.4) is 0 Å². The summed E-state index contributed by atoms with van der Waals surface area (Å²) in [5, 5.41) is 25.5. The van der Waals surface area contributed by atoms with Gasteiger partial charge in [-0.15, -0.1) is 0 Å². The first-order valence-electron chi connectivity index (χ1n) is 3.47. The van der Waals surface area contributed by atoms with Crippen LogP contribution in [0.25, 0.3) is 0 Å². The molecule has 0 amide bonds. The molecule has 0 atom stereocenters. The number of hydrogen-bond acceptors (Lipinski definition) is 3. The van der Waals surface area contributed by atoms with E-state index in [-0.39, 0.29) is 5.56 Å². The molecular weight excluding hydrogens is 187 g/mol. The predicted molar refractivity (Wildman–Crippen MR) is 42.8 cm³/mol. The predicted octanol–water partition coefficient (Wildman–Crippen LogP) is 1.27. The minimum absolute atomic E-state index is 0.278. The van der Waals surface area contributed by atoms with Crippen LogP contribution < -0.4 is 0 Å². The van der Waals surface area contributed by atoms with Gasteiger partial charge in [0.05, 0.1) is 16.7 Å². The zero-order valence-corrected chi connectivity index (χ0v) is 6.78. The highest BCUT2D eigenvalue weighted by Crippen LogP contribution is 2.14. The van der Waals surface area contributed by atoms with Crippen molar-refractivity contribution in [3.63, 3.8) is 0 Å². The van der Waals surface area contributed by atoms with Gasteiger partial charge < -0.3 is 5.11 Å². The van der Waals surface area contributed by atoms with E-state index in [1.54, 1.807) is 0 Å². The molecule has 1 N–H and O–H groups in total. The summed E-state index contributed by atoms with van der Waals surface area (Å²) in [6, 6.07) is 4.73. The highest BCUT2D eigenvalue weighted by molar-refractivity contribution is 5.88. The zero-order chi connectivity index (χ0) is 10.7. The number of aromatic carboxylic acids is 1. The molecule has 68 valence electrons. The van der Waals surface area contributed by atoms with Crippen molar-refractivity contribution in [1.82, 2.24) is 0 Å². The van der Waals surface area contributed by atoms with E-state index in [9.17, 15) is 9.18 Å². The summed E-state index contributed by atoms with van der Waals surface area (Å²) >= 11 is 0. The Bertz CT molecular complexity index is 448. The Balaban J connectivity index is 3.51. The molecule has 1 aromatic carbocycles. The first-order valence-corrected chi connectivity index (χ1v) is 3.47. The van der Waals surface area contributed by atoms with Gasteiger partial charge in [0.15, 0.2) is 5.82 Å². The Labute approximate surface area is 78.4 Å². The van der Waals surface area contributed by atoms with Crippen LogP contribution in [-0.4, -0.2) is 11.1 Å².